The summed E-state index contributed by atoms with van der Waals surface area (Å²) in [5, 5.41) is 17.4. The largest absolute Gasteiger partial charge is 0.434 e. The Labute approximate surface area is 141 Å². The third kappa shape index (κ3) is 3.57. The zero-order valence-electron chi connectivity index (χ0n) is 13.8. The van der Waals surface area contributed by atoms with Crippen LogP contribution in [0.3, 0.4) is 0 Å². The number of anilines is 1. The van der Waals surface area contributed by atoms with Crippen molar-refractivity contribution in [2.45, 2.75) is 27.0 Å². The monoisotopic (exact) mass is 350 g/mol. The second kappa shape index (κ2) is 6.83. The number of rotatable bonds is 6. The summed E-state index contributed by atoms with van der Waals surface area (Å²) in [6.45, 7) is 1.00. The number of benzene rings is 1. The van der Waals surface area contributed by atoms with E-state index < -0.39 is 6.61 Å². The van der Waals surface area contributed by atoms with Crippen LogP contribution in [0.5, 0.6) is 5.75 Å². The van der Waals surface area contributed by atoms with E-state index in [0.29, 0.717) is 29.3 Å². The first kappa shape index (κ1) is 16.8. The maximum atomic E-state index is 12.8. The molecular formula is C15H16F2N6O2. The highest BCUT2D eigenvalue weighted by molar-refractivity contribution is 5.60. The summed E-state index contributed by atoms with van der Waals surface area (Å²) in [5.74, 6) is 1.00. The van der Waals surface area contributed by atoms with Crippen LogP contribution >= 0.6 is 0 Å². The van der Waals surface area contributed by atoms with E-state index in [1.54, 1.807) is 19.1 Å². The molecule has 10 heteroatoms. The van der Waals surface area contributed by atoms with Gasteiger partial charge in [-0.1, -0.05) is 17.3 Å². The lowest BCUT2D eigenvalue weighted by molar-refractivity contribution is -0.0504. The zero-order chi connectivity index (χ0) is 18.0. The molecule has 2 aromatic heterocycles. The number of H-pyrrole nitrogens is 1. The zero-order valence-corrected chi connectivity index (χ0v) is 13.8. The Morgan fingerprint density at radius 1 is 1.32 bits per heavy atom. The van der Waals surface area contributed by atoms with E-state index in [9.17, 15) is 8.78 Å². The van der Waals surface area contributed by atoms with E-state index in [2.05, 4.69) is 30.5 Å². The molecule has 0 fully saturated rings. The standard InChI is InChI=1S/C15H16F2N6O2/c1-8-13(9(2)25-20-8)23(3)7-11-5-4-10(14-18-21-22-19-14)6-12(11)24-15(16)17/h4-6,15H,7H2,1-3H3,(H,18,19,21,22). The number of hydrogen-bond donors (Lipinski definition) is 1. The van der Waals surface area contributed by atoms with Crippen LogP contribution in [-0.4, -0.2) is 39.4 Å². The van der Waals surface area contributed by atoms with Gasteiger partial charge in [-0.25, -0.2) is 0 Å². The Balaban J connectivity index is 1.92. The molecule has 2 heterocycles. The molecule has 3 rings (SSSR count). The van der Waals surface area contributed by atoms with Gasteiger partial charge in [0, 0.05) is 24.7 Å². The van der Waals surface area contributed by atoms with E-state index in [-0.39, 0.29) is 5.75 Å². The molecule has 0 unspecified atom stereocenters. The Morgan fingerprint density at radius 2 is 2.12 bits per heavy atom. The molecule has 0 amide bonds. The second-order valence-electron chi connectivity index (χ2n) is 5.47. The summed E-state index contributed by atoms with van der Waals surface area (Å²) >= 11 is 0. The highest BCUT2D eigenvalue weighted by Gasteiger charge is 2.18. The number of alkyl halides is 2. The Bertz CT molecular complexity index is 830. The molecule has 1 aromatic carbocycles. The van der Waals surface area contributed by atoms with Crippen molar-refractivity contribution in [2.24, 2.45) is 0 Å². The lowest BCUT2D eigenvalue weighted by Gasteiger charge is -2.21. The number of tetrazole rings is 1. The number of aromatic amines is 1. The van der Waals surface area contributed by atoms with Gasteiger partial charge < -0.3 is 14.2 Å². The fraction of sp³-hybridized carbons (Fsp3) is 0.333. The minimum absolute atomic E-state index is 0.0518. The highest BCUT2D eigenvalue weighted by atomic mass is 19.3. The number of halogens is 2. The molecule has 0 spiro atoms. The van der Waals surface area contributed by atoms with Crippen molar-refractivity contribution in [1.82, 2.24) is 25.8 Å². The van der Waals surface area contributed by atoms with Crippen molar-refractivity contribution < 1.29 is 18.0 Å². The quantitative estimate of drug-likeness (QED) is 0.730. The molecule has 3 aromatic rings. The summed E-state index contributed by atoms with van der Waals surface area (Å²) in [6.07, 6.45) is 0. The number of aromatic nitrogens is 5. The predicted molar refractivity (Wildman–Crippen MR) is 84.3 cm³/mol. The van der Waals surface area contributed by atoms with Crippen molar-refractivity contribution >= 4 is 5.69 Å². The van der Waals surface area contributed by atoms with Crippen molar-refractivity contribution in [1.29, 1.82) is 0 Å². The van der Waals surface area contributed by atoms with Crippen LogP contribution in [0.25, 0.3) is 11.4 Å². The van der Waals surface area contributed by atoms with Crippen LogP contribution in [0.4, 0.5) is 14.5 Å². The van der Waals surface area contributed by atoms with Crippen LogP contribution < -0.4 is 9.64 Å². The molecule has 0 aliphatic rings. The molecule has 132 valence electrons. The Morgan fingerprint density at radius 3 is 2.72 bits per heavy atom. The molecular weight excluding hydrogens is 334 g/mol. The third-order valence-electron chi connectivity index (χ3n) is 3.67. The first-order chi connectivity index (χ1) is 12.0. The van der Waals surface area contributed by atoms with Crippen LogP contribution in [0.2, 0.25) is 0 Å². The molecule has 0 saturated carbocycles. The van der Waals surface area contributed by atoms with Gasteiger partial charge in [0.2, 0.25) is 5.82 Å². The fourth-order valence-electron chi connectivity index (χ4n) is 2.67. The van der Waals surface area contributed by atoms with Crippen LogP contribution in [-0.2, 0) is 6.54 Å². The molecule has 0 saturated heterocycles. The number of nitrogens with zero attached hydrogens (tertiary/aromatic N) is 5. The highest BCUT2D eigenvalue weighted by Crippen LogP contribution is 2.30. The average molecular weight is 350 g/mol. The van der Waals surface area contributed by atoms with E-state index in [1.807, 2.05) is 18.9 Å². The maximum Gasteiger partial charge on any atom is 0.387 e. The van der Waals surface area contributed by atoms with Crippen molar-refractivity contribution in [2.75, 3.05) is 11.9 Å². The summed E-state index contributed by atoms with van der Waals surface area (Å²) < 4.78 is 35.4. The molecule has 0 bridgehead atoms. The first-order valence-electron chi connectivity index (χ1n) is 7.41. The van der Waals surface area contributed by atoms with Gasteiger partial charge in [0.05, 0.1) is 0 Å². The summed E-state index contributed by atoms with van der Waals surface area (Å²) in [4.78, 5) is 1.86. The second-order valence-corrected chi connectivity index (χ2v) is 5.47. The SMILES string of the molecule is Cc1noc(C)c1N(C)Cc1ccc(-c2nn[nH]n2)cc1OC(F)F. The Hall–Kier alpha value is -3.04. The number of hydrogen-bond acceptors (Lipinski definition) is 7. The molecule has 0 atom stereocenters. The normalized spacial score (nSPS) is 11.1. The van der Waals surface area contributed by atoms with Gasteiger partial charge >= 0.3 is 6.61 Å². The topological polar surface area (TPSA) is 93.0 Å². The molecule has 0 aliphatic carbocycles. The number of nitrogens with one attached hydrogen (secondary N) is 1. The smallest absolute Gasteiger partial charge is 0.387 e. The summed E-state index contributed by atoms with van der Waals surface area (Å²) in [5.41, 5.74) is 2.63. The van der Waals surface area contributed by atoms with E-state index in [0.717, 1.165) is 11.4 Å². The van der Waals surface area contributed by atoms with Crippen molar-refractivity contribution in [3.8, 4) is 17.1 Å². The van der Waals surface area contributed by atoms with Gasteiger partial charge in [-0.05, 0) is 25.1 Å². The van der Waals surface area contributed by atoms with Crippen LogP contribution in [0.1, 0.15) is 17.0 Å². The number of ether oxygens (including phenoxy) is 1. The van der Waals surface area contributed by atoms with E-state index >= 15 is 0 Å². The molecule has 0 radical (unpaired) electrons. The number of aryl methyl sites for hydroxylation is 2. The minimum atomic E-state index is -2.94. The van der Waals surface area contributed by atoms with Gasteiger partial charge in [0.1, 0.15) is 17.1 Å². The van der Waals surface area contributed by atoms with Crippen LogP contribution in [0, 0.1) is 13.8 Å². The van der Waals surface area contributed by atoms with Crippen LogP contribution in [0.15, 0.2) is 22.7 Å². The molecule has 0 aliphatic heterocycles. The van der Waals surface area contributed by atoms with Gasteiger partial charge in [-0.15, -0.1) is 10.2 Å². The molecule has 25 heavy (non-hydrogen) atoms. The average Bonchev–Trinajstić information content (AvgIpc) is 3.19. The summed E-state index contributed by atoms with van der Waals surface area (Å²) in [7, 11) is 1.83. The first-order valence-corrected chi connectivity index (χ1v) is 7.41. The molecule has 1 N–H and O–H groups in total. The predicted octanol–water partition coefficient (Wildman–Crippen LogP) is 2.71. The van der Waals surface area contributed by atoms with Gasteiger partial charge in [0.15, 0.2) is 5.76 Å². The third-order valence-corrected chi connectivity index (χ3v) is 3.67. The summed E-state index contributed by atoms with van der Waals surface area (Å²) in [6, 6.07) is 4.88. The van der Waals surface area contributed by atoms with Gasteiger partial charge in [-0.3, -0.25) is 0 Å². The fourth-order valence-corrected chi connectivity index (χ4v) is 2.67. The van der Waals surface area contributed by atoms with Crippen molar-refractivity contribution in [3.05, 3.63) is 35.2 Å². The Kier molecular flexibility index (Phi) is 4.59. The minimum Gasteiger partial charge on any atom is -0.434 e. The van der Waals surface area contributed by atoms with E-state index in [1.165, 1.54) is 6.07 Å². The van der Waals surface area contributed by atoms with Gasteiger partial charge in [-0.2, -0.15) is 14.0 Å². The van der Waals surface area contributed by atoms with Crippen molar-refractivity contribution in [3.63, 3.8) is 0 Å². The lowest BCUT2D eigenvalue weighted by atomic mass is 10.1. The van der Waals surface area contributed by atoms with Gasteiger partial charge in [0.25, 0.3) is 0 Å². The lowest BCUT2D eigenvalue weighted by Crippen LogP contribution is -2.18. The maximum absolute atomic E-state index is 12.8. The molecule has 8 nitrogen and oxygen atoms in total. The van der Waals surface area contributed by atoms with E-state index in [4.69, 9.17) is 4.52 Å².